The van der Waals surface area contributed by atoms with Crippen LogP contribution < -0.4 is 0 Å². The lowest BCUT2D eigenvalue weighted by Crippen LogP contribution is -1.92. The van der Waals surface area contributed by atoms with E-state index < -0.39 is 5.97 Å². The number of hydrogen-bond acceptors (Lipinski definition) is 1. The summed E-state index contributed by atoms with van der Waals surface area (Å²) < 4.78 is 0. The van der Waals surface area contributed by atoms with Crippen LogP contribution in [0.2, 0.25) is 0 Å². The van der Waals surface area contributed by atoms with Crippen LogP contribution in [0.5, 0.6) is 0 Å². The van der Waals surface area contributed by atoms with Gasteiger partial charge in [-0.2, -0.15) is 0 Å². The van der Waals surface area contributed by atoms with E-state index in [4.69, 9.17) is 5.11 Å². The van der Waals surface area contributed by atoms with Gasteiger partial charge >= 0.3 is 5.97 Å². The molecule has 1 N–H and O–H groups in total. The normalized spacial score (nSPS) is 10.6. The van der Waals surface area contributed by atoms with Gasteiger partial charge in [0.25, 0.3) is 0 Å². The summed E-state index contributed by atoms with van der Waals surface area (Å²) in [5, 5.41) is 8.42. The predicted molar refractivity (Wildman–Crippen MR) is 88.5 cm³/mol. The first-order chi connectivity index (χ1) is 8.77. The topological polar surface area (TPSA) is 37.3 Å². The maximum Gasteiger partial charge on any atom is 0.303 e. The molecule has 0 heterocycles. The number of carbonyl (C=O) groups is 1. The molecule has 0 aliphatic heterocycles. The molecule has 0 bridgehead atoms. The van der Waals surface area contributed by atoms with Crippen molar-refractivity contribution in [3.8, 4) is 0 Å². The molecule has 0 saturated carbocycles. The van der Waals surface area contributed by atoms with Crippen molar-refractivity contribution in [2.24, 2.45) is 0 Å². The molecule has 106 valence electrons. The van der Waals surface area contributed by atoms with Gasteiger partial charge in [-0.3, -0.25) is 4.79 Å². The minimum Gasteiger partial charge on any atom is -0.481 e. The zero-order valence-corrected chi connectivity index (χ0v) is 13.9. The second-order valence-electron chi connectivity index (χ2n) is 3.96. The quantitative estimate of drug-likeness (QED) is 0.244. The standard InChI is InChI=1S/C14H24O2.CH3I/c1-2-3-4-5-6-7-8-9-10-11-12-13-14(15)16;1-2/h6-7,9-10H,2-5,8,11-13H2,1H3,(H,15,16);1H3/b7-6-,10-9-;. The number of allylic oxidation sites excluding steroid dienone is 4. The molecule has 0 aliphatic rings. The van der Waals surface area contributed by atoms with E-state index in [1.807, 2.05) is 4.93 Å². The summed E-state index contributed by atoms with van der Waals surface area (Å²) in [5.74, 6) is -0.704. The fourth-order valence-corrected chi connectivity index (χ4v) is 1.39. The SMILES string of the molecule is CCCCC/C=C\C/C=C\CCCC(=O)O.CI. The number of aliphatic carboxylic acids is 1. The Morgan fingerprint density at radius 1 is 1.00 bits per heavy atom. The maximum atomic E-state index is 10.2. The molecule has 0 atom stereocenters. The molecule has 0 fully saturated rings. The summed E-state index contributed by atoms with van der Waals surface area (Å²) in [5.41, 5.74) is 0. The van der Waals surface area contributed by atoms with Crippen LogP contribution in [0.1, 0.15) is 58.3 Å². The second-order valence-corrected chi connectivity index (χ2v) is 3.96. The first kappa shape index (κ1) is 20.0. The highest BCUT2D eigenvalue weighted by Crippen LogP contribution is 2.01. The molecular weight excluding hydrogens is 339 g/mol. The summed E-state index contributed by atoms with van der Waals surface area (Å²) in [4.78, 5) is 12.2. The Hall–Kier alpha value is -0.320. The van der Waals surface area contributed by atoms with Gasteiger partial charge in [0.15, 0.2) is 0 Å². The minimum absolute atomic E-state index is 0.275. The highest BCUT2D eigenvalue weighted by Gasteiger charge is 1.92. The van der Waals surface area contributed by atoms with Crippen LogP contribution in [0, 0.1) is 0 Å². The minimum atomic E-state index is -0.704. The number of hydrogen-bond donors (Lipinski definition) is 1. The van der Waals surface area contributed by atoms with Crippen molar-refractivity contribution in [3.63, 3.8) is 0 Å². The van der Waals surface area contributed by atoms with E-state index in [-0.39, 0.29) is 6.42 Å². The van der Waals surface area contributed by atoms with E-state index in [2.05, 4.69) is 53.8 Å². The van der Waals surface area contributed by atoms with Gasteiger partial charge in [0.2, 0.25) is 0 Å². The van der Waals surface area contributed by atoms with Crippen molar-refractivity contribution >= 4 is 28.6 Å². The third-order valence-corrected chi connectivity index (χ3v) is 2.34. The van der Waals surface area contributed by atoms with Crippen molar-refractivity contribution in [2.75, 3.05) is 4.93 Å². The summed E-state index contributed by atoms with van der Waals surface area (Å²) in [7, 11) is 0. The average molecular weight is 366 g/mol. The molecular formula is C15H27IO2. The molecule has 0 aromatic heterocycles. The summed E-state index contributed by atoms with van der Waals surface area (Å²) >= 11 is 2.15. The largest absolute Gasteiger partial charge is 0.481 e. The number of halogens is 1. The van der Waals surface area contributed by atoms with Gasteiger partial charge in [-0.15, -0.1) is 0 Å². The lowest BCUT2D eigenvalue weighted by Gasteiger charge is -1.91. The Balaban J connectivity index is 0. The molecule has 0 spiro atoms. The van der Waals surface area contributed by atoms with E-state index in [1.54, 1.807) is 0 Å². The number of carboxylic acid groups (broad SMARTS) is 1. The zero-order chi connectivity index (χ0) is 14.1. The molecule has 0 rings (SSSR count). The van der Waals surface area contributed by atoms with Crippen LogP contribution in [0.3, 0.4) is 0 Å². The lowest BCUT2D eigenvalue weighted by molar-refractivity contribution is -0.137. The van der Waals surface area contributed by atoms with Gasteiger partial charge in [0, 0.05) is 6.42 Å². The molecule has 0 aromatic carbocycles. The van der Waals surface area contributed by atoms with Crippen molar-refractivity contribution in [1.29, 1.82) is 0 Å². The zero-order valence-electron chi connectivity index (χ0n) is 11.7. The van der Waals surface area contributed by atoms with E-state index in [0.717, 1.165) is 19.3 Å². The van der Waals surface area contributed by atoms with Crippen LogP contribution in [0.4, 0.5) is 0 Å². The monoisotopic (exact) mass is 366 g/mol. The maximum absolute atomic E-state index is 10.2. The van der Waals surface area contributed by atoms with E-state index in [1.165, 1.54) is 25.7 Å². The van der Waals surface area contributed by atoms with Crippen molar-refractivity contribution in [3.05, 3.63) is 24.3 Å². The van der Waals surface area contributed by atoms with Crippen molar-refractivity contribution in [2.45, 2.75) is 58.3 Å². The predicted octanol–water partition coefficient (Wildman–Crippen LogP) is 5.38. The molecule has 0 aromatic rings. The van der Waals surface area contributed by atoms with E-state index in [0.29, 0.717) is 0 Å². The van der Waals surface area contributed by atoms with Crippen LogP contribution in [-0.4, -0.2) is 16.0 Å². The van der Waals surface area contributed by atoms with E-state index >= 15 is 0 Å². The average Bonchev–Trinajstić information content (AvgIpc) is 2.38. The number of carboxylic acids is 1. The van der Waals surface area contributed by atoms with Gasteiger partial charge in [0.1, 0.15) is 0 Å². The Morgan fingerprint density at radius 3 is 2.06 bits per heavy atom. The number of alkyl halides is 1. The number of unbranched alkanes of at least 4 members (excludes halogenated alkanes) is 4. The summed E-state index contributed by atoms with van der Waals surface area (Å²) in [6, 6.07) is 0. The highest BCUT2D eigenvalue weighted by molar-refractivity contribution is 14.1. The molecule has 18 heavy (non-hydrogen) atoms. The van der Waals surface area contributed by atoms with Crippen molar-refractivity contribution < 1.29 is 9.90 Å². The van der Waals surface area contributed by atoms with Gasteiger partial charge in [-0.05, 0) is 37.0 Å². The first-order valence-corrected chi connectivity index (χ1v) is 8.82. The summed E-state index contributed by atoms with van der Waals surface area (Å²) in [6.45, 7) is 2.21. The smallest absolute Gasteiger partial charge is 0.303 e. The molecule has 0 saturated heterocycles. The molecule has 0 unspecified atom stereocenters. The third-order valence-electron chi connectivity index (χ3n) is 2.34. The fraction of sp³-hybridized carbons (Fsp3) is 0.667. The summed E-state index contributed by atoms with van der Waals surface area (Å²) in [6.07, 6.45) is 16.5. The second kappa shape index (κ2) is 19.0. The Bertz CT molecular complexity index is 223. The van der Waals surface area contributed by atoms with Gasteiger partial charge in [0.05, 0.1) is 0 Å². The van der Waals surface area contributed by atoms with Gasteiger partial charge in [-0.1, -0.05) is 66.7 Å². The number of rotatable bonds is 10. The molecule has 0 radical (unpaired) electrons. The third kappa shape index (κ3) is 21.0. The van der Waals surface area contributed by atoms with Crippen LogP contribution >= 0.6 is 22.6 Å². The van der Waals surface area contributed by atoms with Crippen molar-refractivity contribution in [1.82, 2.24) is 0 Å². The molecule has 0 aliphatic carbocycles. The van der Waals surface area contributed by atoms with Gasteiger partial charge < -0.3 is 5.11 Å². The fourth-order valence-electron chi connectivity index (χ4n) is 1.39. The van der Waals surface area contributed by atoms with E-state index in [9.17, 15) is 4.79 Å². The Kier molecular flexibility index (Phi) is 21.2. The van der Waals surface area contributed by atoms with Crippen LogP contribution in [0.15, 0.2) is 24.3 Å². The first-order valence-electron chi connectivity index (χ1n) is 6.67. The highest BCUT2D eigenvalue weighted by atomic mass is 127. The Morgan fingerprint density at radius 2 is 1.56 bits per heavy atom. The molecule has 2 nitrogen and oxygen atoms in total. The van der Waals surface area contributed by atoms with Crippen LogP contribution in [0.25, 0.3) is 0 Å². The Labute approximate surface area is 126 Å². The molecule has 3 heteroatoms. The van der Waals surface area contributed by atoms with Crippen LogP contribution in [-0.2, 0) is 4.79 Å². The lowest BCUT2D eigenvalue weighted by atomic mass is 10.2. The molecule has 0 amide bonds. The van der Waals surface area contributed by atoms with Gasteiger partial charge in [-0.25, -0.2) is 0 Å².